The molecule has 0 bridgehead atoms. The average molecular weight is 270 g/mol. The van der Waals surface area contributed by atoms with E-state index in [1.165, 1.54) is 12.1 Å². The first-order valence-electron chi connectivity index (χ1n) is 6.54. The second-order valence-corrected chi connectivity index (χ2v) is 5.20. The maximum Gasteiger partial charge on any atom is 0.163 e. The van der Waals surface area contributed by atoms with Crippen LogP contribution in [-0.4, -0.2) is 36.7 Å². The van der Waals surface area contributed by atoms with Crippen LogP contribution in [0.3, 0.4) is 0 Å². The van der Waals surface area contributed by atoms with E-state index >= 15 is 0 Å². The molecule has 1 fully saturated rings. The molecule has 1 saturated heterocycles. The third kappa shape index (κ3) is 3.29. The minimum absolute atomic E-state index is 0.140. The number of hydrogen-bond acceptors (Lipinski definition) is 3. The van der Waals surface area contributed by atoms with Gasteiger partial charge in [0, 0.05) is 30.7 Å². The summed E-state index contributed by atoms with van der Waals surface area (Å²) in [5, 5.41) is 0. The summed E-state index contributed by atoms with van der Waals surface area (Å²) in [6.07, 6.45) is 0.140. The van der Waals surface area contributed by atoms with Crippen LogP contribution in [0.1, 0.15) is 25.5 Å². The molecule has 106 valence electrons. The van der Waals surface area contributed by atoms with Crippen molar-refractivity contribution in [3.05, 3.63) is 35.4 Å². The van der Waals surface area contributed by atoms with Gasteiger partial charge in [0.15, 0.2) is 11.6 Å². The lowest BCUT2D eigenvalue weighted by atomic mass is 10.0. The normalized spacial score (nSPS) is 26.4. The van der Waals surface area contributed by atoms with E-state index in [1.807, 2.05) is 13.8 Å². The lowest BCUT2D eigenvalue weighted by Crippen LogP contribution is -2.49. The number of rotatable bonds is 3. The first-order valence-corrected chi connectivity index (χ1v) is 6.54. The largest absolute Gasteiger partial charge is 0.376 e. The summed E-state index contributed by atoms with van der Waals surface area (Å²) < 4.78 is 32.4. The maximum atomic E-state index is 13.7. The number of nitrogens with zero attached hydrogens (tertiary/aromatic N) is 1. The molecule has 2 rings (SSSR count). The van der Waals surface area contributed by atoms with Gasteiger partial charge in [-0.2, -0.15) is 0 Å². The van der Waals surface area contributed by atoms with E-state index in [1.54, 1.807) is 0 Å². The topological polar surface area (TPSA) is 38.5 Å². The third-order valence-corrected chi connectivity index (χ3v) is 3.55. The van der Waals surface area contributed by atoms with Crippen molar-refractivity contribution in [1.29, 1.82) is 0 Å². The SMILES string of the molecule is CC1CN(CC(N)c2cccc(F)c2F)C(C)CO1. The van der Waals surface area contributed by atoms with Gasteiger partial charge in [0.25, 0.3) is 0 Å². The number of morpholine rings is 1. The maximum absolute atomic E-state index is 13.7. The summed E-state index contributed by atoms with van der Waals surface area (Å²) >= 11 is 0. The lowest BCUT2D eigenvalue weighted by molar-refractivity contribution is -0.0511. The number of halogens is 2. The van der Waals surface area contributed by atoms with Gasteiger partial charge in [-0.25, -0.2) is 8.78 Å². The Bertz CT molecular complexity index is 441. The van der Waals surface area contributed by atoms with Gasteiger partial charge in [-0.15, -0.1) is 0 Å². The highest BCUT2D eigenvalue weighted by molar-refractivity contribution is 5.22. The van der Waals surface area contributed by atoms with Crippen LogP contribution in [0, 0.1) is 11.6 Å². The van der Waals surface area contributed by atoms with E-state index < -0.39 is 17.7 Å². The molecule has 0 radical (unpaired) electrons. The predicted molar refractivity (Wildman–Crippen MR) is 69.7 cm³/mol. The molecule has 0 amide bonds. The fraction of sp³-hybridized carbons (Fsp3) is 0.571. The molecule has 1 aromatic rings. The summed E-state index contributed by atoms with van der Waals surface area (Å²) in [5.74, 6) is -1.69. The standard InChI is InChI=1S/C14H20F2N2O/c1-9-8-19-10(2)6-18(9)7-13(17)11-4-3-5-12(15)14(11)16/h3-5,9-10,13H,6-8,17H2,1-2H3. The summed E-state index contributed by atoms with van der Waals surface area (Å²) in [7, 11) is 0. The summed E-state index contributed by atoms with van der Waals surface area (Å²) in [6.45, 7) is 5.92. The van der Waals surface area contributed by atoms with Gasteiger partial charge in [0.1, 0.15) is 0 Å². The Hall–Kier alpha value is -1.04. The van der Waals surface area contributed by atoms with Crippen LogP contribution in [0.5, 0.6) is 0 Å². The predicted octanol–water partition coefficient (Wildman–Crippen LogP) is 2.07. The molecule has 0 aromatic heterocycles. The van der Waals surface area contributed by atoms with E-state index in [9.17, 15) is 8.78 Å². The molecule has 0 spiro atoms. The zero-order valence-electron chi connectivity index (χ0n) is 11.3. The van der Waals surface area contributed by atoms with Crippen LogP contribution < -0.4 is 5.73 Å². The Morgan fingerprint density at radius 1 is 1.42 bits per heavy atom. The first kappa shape index (κ1) is 14.4. The van der Waals surface area contributed by atoms with Crippen molar-refractivity contribution in [3.8, 4) is 0 Å². The van der Waals surface area contributed by atoms with Gasteiger partial charge in [0.05, 0.1) is 12.7 Å². The Morgan fingerprint density at radius 3 is 2.89 bits per heavy atom. The summed E-state index contributed by atoms with van der Waals surface area (Å²) in [4.78, 5) is 2.16. The monoisotopic (exact) mass is 270 g/mol. The van der Waals surface area contributed by atoms with Gasteiger partial charge in [-0.3, -0.25) is 4.90 Å². The Kier molecular flexibility index (Phi) is 4.50. The van der Waals surface area contributed by atoms with Crippen LogP contribution in [0.15, 0.2) is 18.2 Å². The summed E-state index contributed by atoms with van der Waals surface area (Å²) in [5.41, 5.74) is 6.24. The quantitative estimate of drug-likeness (QED) is 0.914. The second-order valence-electron chi connectivity index (χ2n) is 5.20. The van der Waals surface area contributed by atoms with Crippen molar-refractivity contribution in [2.75, 3.05) is 19.7 Å². The Balaban J connectivity index is 2.07. The molecule has 0 saturated carbocycles. The van der Waals surface area contributed by atoms with E-state index in [-0.39, 0.29) is 17.7 Å². The fourth-order valence-corrected chi connectivity index (χ4v) is 2.38. The molecule has 1 aliphatic heterocycles. The molecule has 3 unspecified atom stereocenters. The van der Waals surface area contributed by atoms with Gasteiger partial charge in [-0.1, -0.05) is 12.1 Å². The van der Waals surface area contributed by atoms with Gasteiger partial charge < -0.3 is 10.5 Å². The zero-order chi connectivity index (χ0) is 14.0. The van der Waals surface area contributed by atoms with E-state index in [0.717, 1.165) is 12.6 Å². The van der Waals surface area contributed by atoms with Gasteiger partial charge in [0.2, 0.25) is 0 Å². The number of nitrogens with two attached hydrogens (primary N) is 1. The smallest absolute Gasteiger partial charge is 0.163 e. The van der Waals surface area contributed by atoms with Crippen LogP contribution in [-0.2, 0) is 4.74 Å². The average Bonchev–Trinajstić information content (AvgIpc) is 2.37. The van der Waals surface area contributed by atoms with E-state index in [2.05, 4.69) is 4.90 Å². The first-order chi connectivity index (χ1) is 8.99. The van der Waals surface area contributed by atoms with Crippen molar-refractivity contribution >= 4 is 0 Å². The lowest BCUT2D eigenvalue weighted by Gasteiger charge is -2.38. The zero-order valence-corrected chi connectivity index (χ0v) is 11.3. The number of benzene rings is 1. The van der Waals surface area contributed by atoms with Crippen molar-refractivity contribution in [2.45, 2.75) is 32.0 Å². The molecular weight excluding hydrogens is 250 g/mol. The highest BCUT2D eigenvalue weighted by atomic mass is 19.2. The van der Waals surface area contributed by atoms with Crippen molar-refractivity contribution < 1.29 is 13.5 Å². The van der Waals surface area contributed by atoms with E-state index in [4.69, 9.17) is 10.5 Å². The molecule has 3 nitrogen and oxygen atoms in total. The molecule has 3 atom stereocenters. The van der Waals surface area contributed by atoms with Crippen molar-refractivity contribution in [2.24, 2.45) is 5.73 Å². The highest BCUT2D eigenvalue weighted by Gasteiger charge is 2.26. The molecule has 5 heteroatoms. The van der Waals surface area contributed by atoms with E-state index in [0.29, 0.717) is 13.2 Å². The third-order valence-electron chi connectivity index (χ3n) is 3.55. The Labute approximate surface area is 112 Å². The highest BCUT2D eigenvalue weighted by Crippen LogP contribution is 2.21. The Morgan fingerprint density at radius 2 is 2.16 bits per heavy atom. The van der Waals surface area contributed by atoms with Crippen molar-refractivity contribution in [3.63, 3.8) is 0 Å². The molecule has 0 aliphatic carbocycles. The fourth-order valence-electron chi connectivity index (χ4n) is 2.38. The minimum Gasteiger partial charge on any atom is -0.376 e. The molecule has 1 aromatic carbocycles. The molecule has 19 heavy (non-hydrogen) atoms. The molecule has 1 heterocycles. The minimum atomic E-state index is -0.851. The molecular formula is C14H20F2N2O. The van der Waals surface area contributed by atoms with Gasteiger partial charge in [-0.05, 0) is 19.9 Å². The van der Waals surface area contributed by atoms with Gasteiger partial charge >= 0.3 is 0 Å². The number of ether oxygens (including phenoxy) is 1. The van der Waals surface area contributed by atoms with Crippen LogP contribution in [0.25, 0.3) is 0 Å². The van der Waals surface area contributed by atoms with Crippen LogP contribution in [0.4, 0.5) is 8.78 Å². The second kappa shape index (κ2) is 5.94. The van der Waals surface area contributed by atoms with Crippen LogP contribution >= 0.6 is 0 Å². The number of hydrogen-bond donors (Lipinski definition) is 1. The van der Waals surface area contributed by atoms with Crippen molar-refractivity contribution in [1.82, 2.24) is 4.90 Å². The summed E-state index contributed by atoms with van der Waals surface area (Å²) in [6, 6.07) is 3.82. The molecule has 1 aliphatic rings. The molecule has 2 N–H and O–H groups in total. The van der Waals surface area contributed by atoms with Crippen LogP contribution in [0.2, 0.25) is 0 Å².